The third kappa shape index (κ3) is 0.853. The third-order valence-electron chi connectivity index (χ3n) is 2.23. The van der Waals surface area contributed by atoms with Gasteiger partial charge in [0.2, 0.25) is 0 Å². The standard InChI is InChI=1S/C9H8N4/c1-2-4-8-7(3-1)9-10-5-12-13(9)6-11-8/h1-6,9H,(H,10,12). The van der Waals surface area contributed by atoms with Crippen LogP contribution in [-0.2, 0) is 0 Å². The maximum atomic E-state index is 4.28. The van der Waals surface area contributed by atoms with Crippen molar-refractivity contribution < 1.29 is 0 Å². The van der Waals surface area contributed by atoms with Gasteiger partial charge in [-0.15, -0.1) is 0 Å². The van der Waals surface area contributed by atoms with Crippen LogP contribution in [0.1, 0.15) is 11.7 Å². The quantitative estimate of drug-likeness (QED) is 0.638. The summed E-state index contributed by atoms with van der Waals surface area (Å²) < 4.78 is 0. The molecule has 13 heavy (non-hydrogen) atoms. The molecule has 1 atom stereocenters. The van der Waals surface area contributed by atoms with Crippen LogP contribution in [0.15, 0.2) is 34.4 Å². The van der Waals surface area contributed by atoms with Crippen molar-refractivity contribution in [1.29, 1.82) is 0 Å². The lowest BCUT2D eigenvalue weighted by Crippen LogP contribution is -2.28. The van der Waals surface area contributed by atoms with E-state index in [4.69, 9.17) is 0 Å². The van der Waals surface area contributed by atoms with Crippen LogP contribution >= 0.6 is 0 Å². The summed E-state index contributed by atoms with van der Waals surface area (Å²) in [6.45, 7) is 0. The van der Waals surface area contributed by atoms with Gasteiger partial charge in [0.15, 0.2) is 6.17 Å². The Kier molecular flexibility index (Phi) is 1.19. The lowest BCUT2D eigenvalue weighted by Gasteiger charge is -2.24. The highest BCUT2D eigenvalue weighted by atomic mass is 15.6. The number of fused-ring (bicyclic) bond motifs is 3. The number of hydrogen-bond acceptors (Lipinski definition) is 4. The van der Waals surface area contributed by atoms with Crippen molar-refractivity contribution in [2.45, 2.75) is 6.17 Å². The molecule has 0 aromatic heterocycles. The Morgan fingerprint density at radius 3 is 3.23 bits per heavy atom. The number of rotatable bonds is 0. The number of para-hydroxylation sites is 1. The molecule has 2 heterocycles. The lowest BCUT2D eigenvalue weighted by molar-refractivity contribution is 0.352. The fraction of sp³-hybridized carbons (Fsp3) is 0.111. The van der Waals surface area contributed by atoms with E-state index in [2.05, 4.69) is 21.5 Å². The summed E-state index contributed by atoms with van der Waals surface area (Å²) in [5.41, 5.74) is 2.18. The van der Waals surface area contributed by atoms with Gasteiger partial charge in [0, 0.05) is 5.56 Å². The number of nitrogens with one attached hydrogen (secondary N) is 1. The van der Waals surface area contributed by atoms with E-state index in [1.165, 1.54) is 5.56 Å². The van der Waals surface area contributed by atoms with Crippen molar-refractivity contribution in [3.8, 4) is 0 Å². The van der Waals surface area contributed by atoms with E-state index >= 15 is 0 Å². The van der Waals surface area contributed by atoms with E-state index in [1.807, 2.05) is 23.2 Å². The first-order valence-electron chi connectivity index (χ1n) is 4.15. The number of benzene rings is 1. The summed E-state index contributed by atoms with van der Waals surface area (Å²) in [5, 5.41) is 9.07. The maximum absolute atomic E-state index is 4.28. The third-order valence-corrected chi connectivity index (χ3v) is 2.23. The molecule has 0 aliphatic carbocycles. The Labute approximate surface area is 75.6 Å². The Balaban J connectivity index is 2.15. The molecule has 0 fully saturated rings. The van der Waals surface area contributed by atoms with Gasteiger partial charge in [-0.2, -0.15) is 5.10 Å². The SMILES string of the molecule is C1=Nc2ccccc2C2NC=NN12. The number of hydrogen-bond donors (Lipinski definition) is 1. The second kappa shape index (κ2) is 2.32. The van der Waals surface area contributed by atoms with Gasteiger partial charge in [-0.25, -0.2) is 10.0 Å². The van der Waals surface area contributed by atoms with Crippen LogP contribution in [0.2, 0.25) is 0 Å². The monoisotopic (exact) mass is 172 g/mol. The largest absolute Gasteiger partial charge is 0.349 e. The average Bonchev–Trinajstić information content (AvgIpc) is 2.65. The fourth-order valence-corrected chi connectivity index (χ4v) is 1.60. The van der Waals surface area contributed by atoms with E-state index in [0.717, 1.165) is 5.69 Å². The molecule has 0 amide bonds. The first-order chi connectivity index (χ1) is 6.45. The van der Waals surface area contributed by atoms with Crippen molar-refractivity contribution >= 4 is 18.4 Å². The van der Waals surface area contributed by atoms with Gasteiger partial charge in [-0.1, -0.05) is 18.2 Å². The first kappa shape index (κ1) is 6.65. The van der Waals surface area contributed by atoms with Gasteiger partial charge < -0.3 is 5.32 Å². The molecule has 2 aliphatic heterocycles. The van der Waals surface area contributed by atoms with Gasteiger partial charge in [0.05, 0.1) is 5.69 Å². The molecule has 0 radical (unpaired) electrons. The average molecular weight is 172 g/mol. The van der Waals surface area contributed by atoms with Crippen LogP contribution in [0, 0.1) is 0 Å². The minimum atomic E-state index is 0.133. The topological polar surface area (TPSA) is 40.0 Å². The van der Waals surface area contributed by atoms with Crippen LogP contribution < -0.4 is 5.32 Å². The molecule has 4 heteroatoms. The van der Waals surface area contributed by atoms with E-state index in [-0.39, 0.29) is 6.17 Å². The van der Waals surface area contributed by atoms with Crippen molar-refractivity contribution in [2.24, 2.45) is 10.1 Å². The van der Waals surface area contributed by atoms with Crippen molar-refractivity contribution in [3.05, 3.63) is 29.8 Å². The molecule has 0 saturated carbocycles. The van der Waals surface area contributed by atoms with Crippen molar-refractivity contribution in [1.82, 2.24) is 10.3 Å². The summed E-state index contributed by atoms with van der Waals surface area (Å²) in [5.74, 6) is 0. The molecule has 0 spiro atoms. The molecule has 64 valence electrons. The van der Waals surface area contributed by atoms with Gasteiger partial charge in [0.25, 0.3) is 0 Å². The molecule has 0 saturated heterocycles. The smallest absolute Gasteiger partial charge is 0.151 e. The molecule has 1 N–H and O–H groups in total. The van der Waals surface area contributed by atoms with Gasteiger partial charge in [-0.05, 0) is 6.07 Å². The summed E-state index contributed by atoms with van der Waals surface area (Å²) in [7, 11) is 0. The Morgan fingerprint density at radius 2 is 2.23 bits per heavy atom. The van der Waals surface area contributed by atoms with Gasteiger partial charge in [-0.3, -0.25) is 0 Å². The predicted molar refractivity (Wildman–Crippen MR) is 50.8 cm³/mol. The molecule has 1 unspecified atom stereocenters. The summed E-state index contributed by atoms with van der Waals surface area (Å²) in [4.78, 5) is 4.28. The number of hydrazone groups is 1. The molecule has 1 aromatic carbocycles. The first-order valence-corrected chi connectivity index (χ1v) is 4.15. The fourth-order valence-electron chi connectivity index (χ4n) is 1.60. The molecular weight excluding hydrogens is 164 g/mol. The highest BCUT2D eigenvalue weighted by molar-refractivity contribution is 5.73. The minimum Gasteiger partial charge on any atom is -0.349 e. The summed E-state index contributed by atoms with van der Waals surface area (Å²) in [6, 6.07) is 8.06. The normalized spacial score (nSPS) is 22.5. The molecular formula is C9H8N4. The van der Waals surface area contributed by atoms with Crippen LogP contribution in [0.4, 0.5) is 5.69 Å². The van der Waals surface area contributed by atoms with Crippen molar-refractivity contribution in [3.63, 3.8) is 0 Å². The zero-order valence-electron chi connectivity index (χ0n) is 6.88. The van der Waals surface area contributed by atoms with Gasteiger partial charge in [0.1, 0.15) is 12.7 Å². The van der Waals surface area contributed by atoms with Crippen LogP contribution in [-0.4, -0.2) is 17.7 Å². The van der Waals surface area contributed by atoms with E-state index in [0.29, 0.717) is 0 Å². The highest BCUT2D eigenvalue weighted by Crippen LogP contribution is 2.31. The Morgan fingerprint density at radius 1 is 1.31 bits per heavy atom. The van der Waals surface area contributed by atoms with Crippen molar-refractivity contribution in [2.75, 3.05) is 0 Å². The van der Waals surface area contributed by atoms with E-state index in [9.17, 15) is 0 Å². The molecule has 0 bridgehead atoms. The Bertz CT molecular complexity index is 396. The summed E-state index contributed by atoms with van der Waals surface area (Å²) >= 11 is 0. The minimum absolute atomic E-state index is 0.133. The van der Waals surface area contributed by atoms with E-state index < -0.39 is 0 Å². The second-order valence-corrected chi connectivity index (χ2v) is 3.00. The zero-order chi connectivity index (χ0) is 8.67. The molecule has 2 aliphatic rings. The lowest BCUT2D eigenvalue weighted by atomic mass is 10.1. The zero-order valence-corrected chi connectivity index (χ0v) is 6.88. The number of nitrogens with zero attached hydrogens (tertiary/aromatic N) is 3. The van der Waals surface area contributed by atoms with Crippen LogP contribution in [0.25, 0.3) is 0 Å². The highest BCUT2D eigenvalue weighted by Gasteiger charge is 2.25. The Hall–Kier alpha value is -1.84. The van der Waals surface area contributed by atoms with Gasteiger partial charge >= 0.3 is 0 Å². The second-order valence-electron chi connectivity index (χ2n) is 3.00. The predicted octanol–water partition coefficient (Wildman–Crippen LogP) is 1.21. The maximum Gasteiger partial charge on any atom is 0.151 e. The number of aliphatic imine (C=N–C) groups is 1. The molecule has 4 nitrogen and oxygen atoms in total. The van der Waals surface area contributed by atoms with E-state index in [1.54, 1.807) is 12.7 Å². The molecule has 1 aromatic rings. The molecule has 3 rings (SSSR count). The van der Waals surface area contributed by atoms with Crippen LogP contribution in [0.5, 0.6) is 0 Å². The van der Waals surface area contributed by atoms with Crippen LogP contribution in [0.3, 0.4) is 0 Å². The summed E-state index contributed by atoms with van der Waals surface area (Å²) in [6.07, 6.45) is 3.57.